The number of aliphatic imine (C=N–C) groups is 1. The molecule has 1 aromatic carbocycles. The zero-order valence-electron chi connectivity index (χ0n) is 20.6. The molecule has 0 bridgehead atoms. The highest BCUT2D eigenvalue weighted by Crippen LogP contribution is 2.29. The van der Waals surface area contributed by atoms with Crippen molar-refractivity contribution >= 4 is 27.6 Å². The van der Waals surface area contributed by atoms with Crippen molar-refractivity contribution in [1.82, 2.24) is 18.8 Å². The first kappa shape index (κ1) is 24.4. The number of rotatable bonds is 7. The van der Waals surface area contributed by atoms with Crippen LogP contribution in [0.3, 0.4) is 0 Å². The predicted molar refractivity (Wildman–Crippen MR) is 142 cm³/mol. The highest BCUT2D eigenvalue weighted by atomic mass is 32.2. The van der Waals surface area contributed by atoms with Gasteiger partial charge in [-0.25, -0.2) is 18.4 Å². The van der Waals surface area contributed by atoms with E-state index in [-0.39, 0.29) is 12.1 Å². The molecule has 0 amide bonds. The summed E-state index contributed by atoms with van der Waals surface area (Å²) in [4.78, 5) is 14.0. The number of nitrogens with one attached hydrogen (secondary N) is 1. The minimum absolute atomic E-state index is 0.0973. The van der Waals surface area contributed by atoms with Crippen LogP contribution in [-0.4, -0.2) is 78.1 Å². The average molecular weight is 507 g/mol. The number of anilines is 1. The molecule has 0 aliphatic carbocycles. The summed E-state index contributed by atoms with van der Waals surface area (Å²) in [5, 5.41) is 3.40. The number of benzene rings is 1. The van der Waals surface area contributed by atoms with Gasteiger partial charge >= 0.3 is 0 Å². The first-order chi connectivity index (χ1) is 17.3. The lowest BCUT2D eigenvalue weighted by atomic mass is 10.0. The zero-order chi connectivity index (χ0) is 25.3. The van der Waals surface area contributed by atoms with Crippen molar-refractivity contribution in [2.75, 3.05) is 37.8 Å². The number of allylic oxidation sites excluding steroid dienone is 1. The van der Waals surface area contributed by atoms with Crippen LogP contribution in [0.1, 0.15) is 12.5 Å². The van der Waals surface area contributed by atoms with Crippen molar-refractivity contribution in [2.45, 2.75) is 19.1 Å². The fourth-order valence-corrected chi connectivity index (χ4v) is 5.25. The molecule has 2 unspecified atom stereocenters. The summed E-state index contributed by atoms with van der Waals surface area (Å²) in [6.07, 6.45) is 10.8. The molecule has 5 rings (SSSR count). The van der Waals surface area contributed by atoms with Crippen molar-refractivity contribution < 1.29 is 13.2 Å². The summed E-state index contributed by atoms with van der Waals surface area (Å²) in [7, 11) is -1.27. The molecule has 36 heavy (non-hydrogen) atoms. The Balaban J connectivity index is 1.43. The van der Waals surface area contributed by atoms with Gasteiger partial charge in [0.1, 0.15) is 5.82 Å². The summed E-state index contributed by atoms with van der Waals surface area (Å²) in [5.41, 5.74) is 4.93. The Labute approximate surface area is 211 Å². The number of sulfonamides is 1. The molecule has 0 saturated carbocycles. The molecule has 1 saturated heterocycles. The molecule has 3 aromatic rings. The molecule has 0 radical (unpaired) electrons. The Morgan fingerprint density at radius 1 is 1.19 bits per heavy atom. The molecular formula is C26H30N6O3S. The van der Waals surface area contributed by atoms with Crippen LogP contribution in [0.2, 0.25) is 0 Å². The minimum atomic E-state index is -3.27. The Morgan fingerprint density at radius 2 is 2.03 bits per heavy atom. The molecule has 188 valence electrons. The fourth-order valence-electron chi connectivity index (χ4n) is 4.41. The number of ether oxygens (including phenoxy) is 1. The van der Waals surface area contributed by atoms with Gasteiger partial charge in [-0.2, -0.15) is 4.31 Å². The Hall–Kier alpha value is -3.34. The van der Waals surface area contributed by atoms with Crippen LogP contribution in [0.5, 0.6) is 0 Å². The van der Waals surface area contributed by atoms with Crippen molar-refractivity contribution in [2.24, 2.45) is 12.0 Å². The molecule has 9 nitrogen and oxygen atoms in total. The quantitative estimate of drug-likeness (QED) is 0.529. The molecule has 1 fully saturated rings. The van der Waals surface area contributed by atoms with E-state index >= 15 is 0 Å². The van der Waals surface area contributed by atoms with Gasteiger partial charge in [0.25, 0.3) is 0 Å². The van der Waals surface area contributed by atoms with E-state index in [1.165, 1.54) is 10.6 Å². The number of hydrogen-bond donors (Lipinski definition) is 1. The summed E-state index contributed by atoms with van der Waals surface area (Å²) in [5.74, 6) is 1.27. The summed E-state index contributed by atoms with van der Waals surface area (Å²) in [6.45, 7) is 3.48. The van der Waals surface area contributed by atoms with Crippen molar-refractivity contribution in [3.05, 3.63) is 60.6 Å². The van der Waals surface area contributed by atoms with E-state index in [1.807, 2.05) is 49.3 Å². The van der Waals surface area contributed by atoms with Gasteiger partial charge in [-0.3, -0.25) is 4.99 Å². The smallest absolute Gasteiger partial charge is 0.211 e. The van der Waals surface area contributed by atoms with E-state index in [9.17, 15) is 8.42 Å². The zero-order valence-corrected chi connectivity index (χ0v) is 21.4. The van der Waals surface area contributed by atoms with Crippen LogP contribution < -0.4 is 5.32 Å². The van der Waals surface area contributed by atoms with Gasteiger partial charge in [0, 0.05) is 68.2 Å². The number of morpholine rings is 1. The molecule has 4 heterocycles. The van der Waals surface area contributed by atoms with E-state index in [4.69, 9.17) is 9.72 Å². The van der Waals surface area contributed by atoms with Gasteiger partial charge in [-0.15, -0.1) is 0 Å². The van der Waals surface area contributed by atoms with Crippen molar-refractivity contribution in [3.63, 3.8) is 0 Å². The van der Waals surface area contributed by atoms with Crippen molar-refractivity contribution in [1.29, 1.82) is 0 Å². The highest BCUT2D eigenvalue weighted by molar-refractivity contribution is 7.88. The van der Waals surface area contributed by atoms with E-state index in [2.05, 4.69) is 45.8 Å². The van der Waals surface area contributed by atoms with Gasteiger partial charge in [0.2, 0.25) is 10.0 Å². The van der Waals surface area contributed by atoms with E-state index < -0.39 is 10.0 Å². The first-order valence-corrected chi connectivity index (χ1v) is 13.8. The lowest BCUT2D eigenvalue weighted by Gasteiger charge is -2.31. The highest BCUT2D eigenvalue weighted by Gasteiger charge is 2.27. The summed E-state index contributed by atoms with van der Waals surface area (Å²) < 4.78 is 33.3. The standard InChI is InChI=1S/C26H30N6O3S/c1-18-11-22(13-27-18)24-15-29-25(20-6-4-5-19(12-20)21-7-8-31(2)16-21)30-26(24)28-14-23-17-32(9-10-35-23)36(3,33)34/h4-8,11-13,15-16,18,23H,9-10,14,17H2,1-3H3,(H,28,29,30). The van der Waals surface area contributed by atoms with Crippen LogP contribution in [0.25, 0.3) is 28.1 Å². The lowest BCUT2D eigenvalue weighted by molar-refractivity contribution is 0.00700. The summed E-state index contributed by atoms with van der Waals surface area (Å²) in [6, 6.07) is 10.3. The third kappa shape index (κ3) is 5.40. The monoisotopic (exact) mass is 506 g/mol. The maximum Gasteiger partial charge on any atom is 0.211 e. The van der Waals surface area contributed by atoms with Gasteiger partial charge < -0.3 is 14.6 Å². The van der Waals surface area contributed by atoms with E-state index in [0.29, 0.717) is 37.9 Å². The molecule has 2 aliphatic heterocycles. The maximum absolute atomic E-state index is 12.0. The first-order valence-electron chi connectivity index (χ1n) is 11.9. The minimum Gasteiger partial charge on any atom is -0.374 e. The average Bonchev–Trinajstić information content (AvgIpc) is 3.50. The summed E-state index contributed by atoms with van der Waals surface area (Å²) >= 11 is 0. The Bertz CT molecular complexity index is 1430. The van der Waals surface area contributed by atoms with Gasteiger partial charge in [-0.05, 0) is 30.2 Å². The lowest BCUT2D eigenvalue weighted by Crippen LogP contribution is -2.47. The molecule has 2 aliphatic rings. The Kier molecular flexibility index (Phi) is 6.74. The third-order valence-electron chi connectivity index (χ3n) is 6.32. The number of aryl methyl sites for hydroxylation is 1. The molecule has 0 spiro atoms. The van der Waals surface area contributed by atoms with Crippen LogP contribution in [-0.2, 0) is 21.8 Å². The van der Waals surface area contributed by atoms with Crippen molar-refractivity contribution in [3.8, 4) is 22.5 Å². The Morgan fingerprint density at radius 3 is 2.75 bits per heavy atom. The largest absolute Gasteiger partial charge is 0.374 e. The predicted octanol–water partition coefficient (Wildman–Crippen LogP) is 3.08. The second-order valence-electron chi connectivity index (χ2n) is 9.24. The molecule has 2 aromatic heterocycles. The molecule has 2 atom stereocenters. The second-order valence-corrected chi connectivity index (χ2v) is 11.2. The number of hydrogen-bond acceptors (Lipinski definition) is 7. The topological polar surface area (TPSA) is 102 Å². The SMILES string of the molecule is CC1C=C(c2cnc(-c3cccc(-c4ccn(C)c4)c3)nc2NCC2CN(S(C)(=O)=O)CCO2)C=N1. The van der Waals surface area contributed by atoms with Crippen LogP contribution in [0.15, 0.2) is 60.0 Å². The van der Waals surface area contributed by atoms with Crippen LogP contribution >= 0.6 is 0 Å². The van der Waals surface area contributed by atoms with Crippen LogP contribution in [0.4, 0.5) is 5.82 Å². The normalized spacial score (nSPS) is 20.5. The second kappa shape index (κ2) is 9.96. The van der Waals surface area contributed by atoms with E-state index in [0.717, 1.165) is 27.8 Å². The fraction of sp³-hybridized carbons (Fsp3) is 0.346. The molecule has 1 N–H and O–H groups in total. The third-order valence-corrected chi connectivity index (χ3v) is 7.59. The van der Waals surface area contributed by atoms with Gasteiger partial charge in [0.15, 0.2) is 5.82 Å². The number of aromatic nitrogens is 3. The molecular weight excluding hydrogens is 476 g/mol. The maximum atomic E-state index is 12.0. The van der Waals surface area contributed by atoms with Gasteiger partial charge in [0.05, 0.1) is 25.0 Å². The van der Waals surface area contributed by atoms with E-state index in [1.54, 1.807) is 0 Å². The number of nitrogens with zero attached hydrogens (tertiary/aromatic N) is 5. The van der Waals surface area contributed by atoms with Gasteiger partial charge in [-0.1, -0.05) is 24.3 Å². The van der Waals surface area contributed by atoms with Crippen LogP contribution in [0, 0.1) is 0 Å². The molecule has 10 heteroatoms.